The Hall–Kier alpha value is -0.620. The van der Waals surface area contributed by atoms with E-state index in [2.05, 4.69) is 0 Å². The highest BCUT2D eigenvalue weighted by Crippen LogP contribution is 2.27. The Morgan fingerprint density at radius 1 is 1.32 bits per heavy atom. The van der Waals surface area contributed by atoms with Crippen LogP contribution in [0.15, 0.2) is 0 Å². The van der Waals surface area contributed by atoms with Gasteiger partial charge in [-0.05, 0) is 46.0 Å². The number of ether oxygens (including phenoxy) is 1. The van der Waals surface area contributed by atoms with Gasteiger partial charge in [0.25, 0.3) is 0 Å². The van der Waals surface area contributed by atoms with Crippen molar-refractivity contribution < 1.29 is 17.9 Å². The van der Waals surface area contributed by atoms with E-state index in [-0.39, 0.29) is 17.7 Å². The molecule has 5 nitrogen and oxygen atoms in total. The van der Waals surface area contributed by atoms with E-state index in [1.807, 2.05) is 0 Å². The third-order valence-electron chi connectivity index (χ3n) is 3.28. The average Bonchev–Trinajstić information content (AvgIpc) is 2.57. The van der Waals surface area contributed by atoms with Crippen molar-refractivity contribution in [2.75, 3.05) is 11.5 Å². The second kappa shape index (κ2) is 6.22. The highest BCUT2D eigenvalue weighted by Gasteiger charge is 2.27. The van der Waals surface area contributed by atoms with E-state index in [0.29, 0.717) is 6.42 Å². The minimum atomic E-state index is -3.39. The summed E-state index contributed by atoms with van der Waals surface area (Å²) in [5.74, 6) is -0.923. The minimum absolute atomic E-state index is 0.0185. The topological polar surface area (TPSA) is 86.5 Å². The predicted molar refractivity (Wildman–Crippen MR) is 74.4 cm³/mol. The molecule has 2 atom stereocenters. The molecule has 6 heteroatoms. The summed E-state index contributed by atoms with van der Waals surface area (Å²) in [6.45, 7) is 5.15. The molecule has 1 saturated carbocycles. The minimum Gasteiger partial charge on any atom is -0.459 e. The lowest BCUT2D eigenvalue weighted by molar-refractivity contribution is -0.151. The predicted octanol–water partition coefficient (Wildman–Crippen LogP) is 1.26. The summed E-state index contributed by atoms with van der Waals surface area (Å²) in [5, 5.41) is 0. The normalized spacial score (nSPS) is 24.4. The van der Waals surface area contributed by atoms with Crippen LogP contribution in [0.1, 0.15) is 46.5 Å². The van der Waals surface area contributed by atoms with Crippen LogP contribution in [-0.2, 0) is 19.4 Å². The van der Waals surface area contributed by atoms with Gasteiger partial charge in [0.15, 0.2) is 9.84 Å². The summed E-state index contributed by atoms with van der Waals surface area (Å²) >= 11 is 0. The Balaban J connectivity index is 2.41. The number of sulfone groups is 1. The molecule has 1 rings (SSSR count). The van der Waals surface area contributed by atoms with E-state index in [1.165, 1.54) is 0 Å². The molecule has 0 aromatic heterocycles. The fourth-order valence-electron chi connectivity index (χ4n) is 2.38. The van der Waals surface area contributed by atoms with Gasteiger partial charge < -0.3 is 10.5 Å². The van der Waals surface area contributed by atoms with E-state index in [9.17, 15) is 13.2 Å². The first-order valence-electron chi connectivity index (χ1n) is 6.77. The van der Waals surface area contributed by atoms with Crippen LogP contribution in [0.25, 0.3) is 0 Å². The zero-order chi connectivity index (χ0) is 14.7. The average molecular weight is 291 g/mol. The van der Waals surface area contributed by atoms with E-state index < -0.39 is 27.2 Å². The zero-order valence-corrected chi connectivity index (χ0v) is 12.8. The van der Waals surface area contributed by atoms with Crippen molar-refractivity contribution in [2.45, 2.75) is 58.1 Å². The monoisotopic (exact) mass is 291 g/mol. The number of nitrogens with two attached hydrogens (primary N) is 1. The summed E-state index contributed by atoms with van der Waals surface area (Å²) in [7, 11) is -3.39. The smallest absolute Gasteiger partial charge is 0.321 e. The molecule has 0 bridgehead atoms. The van der Waals surface area contributed by atoms with Crippen molar-refractivity contribution in [3.05, 3.63) is 0 Å². The summed E-state index contributed by atoms with van der Waals surface area (Å²) in [4.78, 5) is 11.5. The second-order valence-electron chi connectivity index (χ2n) is 6.32. The molecule has 2 unspecified atom stereocenters. The number of hydrogen-bond acceptors (Lipinski definition) is 5. The molecule has 112 valence electrons. The Labute approximate surface area is 115 Å². The van der Waals surface area contributed by atoms with E-state index in [4.69, 9.17) is 10.5 Å². The highest BCUT2D eigenvalue weighted by molar-refractivity contribution is 7.92. The van der Waals surface area contributed by atoms with Crippen LogP contribution >= 0.6 is 0 Å². The maximum atomic E-state index is 11.8. The third kappa shape index (κ3) is 6.38. The molecule has 1 fully saturated rings. The lowest BCUT2D eigenvalue weighted by Gasteiger charge is -2.19. The first-order chi connectivity index (χ1) is 8.59. The quantitative estimate of drug-likeness (QED) is 0.771. The van der Waals surface area contributed by atoms with E-state index >= 15 is 0 Å². The summed E-state index contributed by atoms with van der Waals surface area (Å²) in [5.41, 5.74) is 5.25. The van der Waals surface area contributed by atoms with Gasteiger partial charge in [0.05, 0.1) is 5.75 Å². The van der Waals surface area contributed by atoms with Crippen LogP contribution in [0, 0.1) is 5.92 Å². The van der Waals surface area contributed by atoms with E-state index in [0.717, 1.165) is 19.3 Å². The summed E-state index contributed by atoms with van der Waals surface area (Å²) < 4.78 is 28.7. The van der Waals surface area contributed by atoms with Gasteiger partial charge in [-0.3, -0.25) is 4.79 Å². The van der Waals surface area contributed by atoms with E-state index in [1.54, 1.807) is 20.8 Å². The van der Waals surface area contributed by atoms with Gasteiger partial charge in [0.1, 0.15) is 11.4 Å². The van der Waals surface area contributed by atoms with Crippen LogP contribution in [0.4, 0.5) is 0 Å². The van der Waals surface area contributed by atoms with Crippen molar-refractivity contribution in [2.24, 2.45) is 11.7 Å². The highest BCUT2D eigenvalue weighted by atomic mass is 32.2. The molecule has 0 aliphatic heterocycles. The lowest BCUT2D eigenvalue weighted by atomic mass is 10.0. The van der Waals surface area contributed by atoms with Crippen LogP contribution in [0.3, 0.4) is 0 Å². The maximum Gasteiger partial charge on any atom is 0.321 e. The Morgan fingerprint density at radius 3 is 2.42 bits per heavy atom. The van der Waals surface area contributed by atoms with Gasteiger partial charge in [-0.15, -0.1) is 0 Å². The van der Waals surface area contributed by atoms with Crippen molar-refractivity contribution in [1.82, 2.24) is 0 Å². The number of carbonyl (C=O) groups is 1. The number of esters is 1. The van der Waals surface area contributed by atoms with Crippen LogP contribution in [-0.4, -0.2) is 37.5 Å². The molecule has 19 heavy (non-hydrogen) atoms. The van der Waals surface area contributed by atoms with Crippen molar-refractivity contribution in [3.8, 4) is 0 Å². The first-order valence-corrected chi connectivity index (χ1v) is 8.59. The molecule has 0 amide bonds. The van der Waals surface area contributed by atoms with Crippen molar-refractivity contribution in [3.63, 3.8) is 0 Å². The fraction of sp³-hybridized carbons (Fsp3) is 0.923. The molecule has 0 aromatic rings. The maximum absolute atomic E-state index is 11.8. The third-order valence-corrected chi connectivity index (χ3v) is 4.81. The number of carbonyl (C=O) groups excluding carboxylic acids is 1. The largest absolute Gasteiger partial charge is 0.459 e. The van der Waals surface area contributed by atoms with Gasteiger partial charge in [0, 0.05) is 6.04 Å². The zero-order valence-electron chi connectivity index (χ0n) is 12.0. The standard InChI is InChI=1S/C13H25NO4S/c1-13(2,3)18-12(15)9-19(16,17)8-7-10-5-4-6-11(10)14/h10-11H,4-9,14H2,1-3H3. The van der Waals surface area contributed by atoms with Gasteiger partial charge in [-0.25, -0.2) is 8.42 Å². The Bertz CT molecular complexity index is 411. The summed E-state index contributed by atoms with van der Waals surface area (Å²) in [6, 6.07) is 0.108. The number of hydrogen-bond donors (Lipinski definition) is 1. The first kappa shape index (κ1) is 16.4. The molecule has 2 N–H and O–H groups in total. The fourth-order valence-corrected chi connectivity index (χ4v) is 3.60. The molecular formula is C13H25NO4S. The summed E-state index contributed by atoms with van der Waals surface area (Å²) in [6.07, 6.45) is 3.57. The molecule has 1 aliphatic carbocycles. The molecule has 0 radical (unpaired) electrons. The molecule has 0 heterocycles. The SMILES string of the molecule is CC(C)(C)OC(=O)CS(=O)(=O)CCC1CCCC1N. The van der Waals surface area contributed by atoms with Gasteiger partial charge in [0.2, 0.25) is 0 Å². The van der Waals surface area contributed by atoms with Crippen LogP contribution in [0.2, 0.25) is 0 Å². The van der Waals surface area contributed by atoms with Gasteiger partial charge in [-0.1, -0.05) is 6.42 Å². The number of rotatable bonds is 5. The lowest BCUT2D eigenvalue weighted by Crippen LogP contribution is -2.31. The molecule has 1 aliphatic rings. The Kier molecular flexibility index (Phi) is 5.38. The second-order valence-corrected chi connectivity index (χ2v) is 8.51. The molecular weight excluding hydrogens is 266 g/mol. The van der Waals surface area contributed by atoms with Gasteiger partial charge in [-0.2, -0.15) is 0 Å². The molecule has 0 spiro atoms. The molecule has 0 aromatic carbocycles. The van der Waals surface area contributed by atoms with Crippen LogP contribution in [0.5, 0.6) is 0 Å². The van der Waals surface area contributed by atoms with Gasteiger partial charge >= 0.3 is 5.97 Å². The molecule has 0 saturated heterocycles. The Morgan fingerprint density at radius 2 is 1.95 bits per heavy atom. The van der Waals surface area contributed by atoms with Crippen molar-refractivity contribution in [1.29, 1.82) is 0 Å². The van der Waals surface area contributed by atoms with Crippen LogP contribution < -0.4 is 5.73 Å². The van der Waals surface area contributed by atoms with Crippen molar-refractivity contribution >= 4 is 15.8 Å².